The Balaban J connectivity index is 1.80. The number of alkyl halides is 6. The number of hydrogen-bond donors (Lipinski definition) is 2. The Hall–Kier alpha value is -4.27. The van der Waals surface area contributed by atoms with E-state index in [0.717, 1.165) is 10.6 Å². The predicted octanol–water partition coefficient (Wildman–Crippen LogP) is 3.49. The molecular weight excluding hydrogens is 526 g/mol. The first-order valence-electron chi connectivity index (χ1n) is 10.8. The second kappa shape index (κ2) is 9.89. The van der Waals surface area contributed by atoms with Gasteiger partial charge in [0.05, 0.1) is 6.54 Å². The van der Waals surface area contributed by atoms with Crippen molar-refractivity contribution in [2.45, 2.75) is 31.8 Å². The van der Waals surface area contributed by atoms with Gasteiger partial charge in [-0.1, -0.05) is 30.3 Å². The topological polar surface area (TPSA) is 111 Å². The Morgan fingerprint density at radius 1 is 1.03 bits per heavy atom. The third kappa shape index (κ3) is 5.66. The van der Waals surface area contributed by atoms with Gasteiger partial charge in [0, 0.05) is 12.6 Å². The summed E-state index contributed by atoms with van der Waals surface area (Å²) in [6.45, 7) is -1.36. The zero-order valence-corrected chi connectivity index (χ0v) is 19.3. The Morgan fingerprint density at radius 3 is 2.34 bits per heavy atom. The number of nitrogens with one attached hydrogen (secondary N) is 1. The van der Waals surface area contributed by atoms with E-state index in [0.29, 0.717) is 10.1 Å². The SMILES string of the molecule is Cn1c(-c2ccc(OCc3ccccc3)c(OC(F)(F)F)c2)nc2c1c(=O)[nH]c(=O)n2CC(O)C(F)(F)F. The van der Waals surface area contributed by atoms with E-state index in [1.165, 1.54) is 19.2 Å². The molecule has 2 aromatic heterocycles. The van der Waals surface area contributed by atoms with Crippen molar-refractivity contribution >= 4 is 11.2 Å². The van der Waals surface area contributed by atoms with Crippen LogP contribution in [0.25, 0.3) is 22.6 Å². The number of aryl methyl sites for hydroxylation is 1. The van der Waals surface area contributed by atoms with Crippen LogP contribution in [0.15, 0.2) is 58.1 Å². The van der Waals surface area contributed by atoms with Gasteiger partial charge in [-0.15, -0.1) is 13.2 Å². The molecule has 2 heterocycles. The molecule has 15 heteroatoms. The maximum atomic E-state index is 13.1. The molecule has 4 aromatic rings. The molecule has 0 bridgehead atoms. The normalized spacial score (nSPS) is 13.1. The summed E-state index contributed by atoms with van der Waals surface area (Å²) < 4.78 is 89.2. The van der Waals surface area contributed by atoms with Crippen LogP contribution in [-0.2, 0) is 20.2 Å². The average molecular weight is 544 g/mol. The first-order valence-corrected chi connectivity index (χ1v) is 10.8. The fourth-order valence-electron chi connectivity index (χ4n) is 3.66. The smallest absolute Gasteiger partial charge is 0.485 e. The van der Waals surface area contributed by atoms with E-state index >= 15 is 0 Å². The van der Waals surface area contributed by atoms with Crippen LogP contribution in [0, 0.1) is 0 Å². The third-order valence-corrected chi connectivity index (χ3v) is 5.41. The second-order valence-electron chi connectivity index (χ2n) is 8.08. The zero-order valence-electron chi connectivity index (χ0n) is 19.3. The van der Waals surface area contributed by atoms with Crippen LogP contribution in [0.3, 0.4) is 0 Å². The molecule has 0 amide bonds. The number of fused-ring (bicyclic) bond motifs is 1. The van der Waals surface area contributed by atoms with Gasteiger partial charge in [0.2, 0.25) is 0 Å². The number of nitrogens with zero attached hydrogens (tertiary/aromatic N) is 3. The molecule has 0 saturated carbocycles. The summed E-state index contributed by atoms with van der Waals surface area (Å²) in [7, 11) is 1.28. The monoisotopic (exact) mass is 544 g/mol. The number of aliphatic hydroxyl groups excluding tert-OH is 1. The molecule has 1 atom stereocenters. The fourth-order valence-corrected chi connectivity index (χ4v) is 3.66. The van der Waals surface area contributed by atoms with Gasteiger partial charge < -0.3 is 19.1 Å². The van der Waals surface area contributed by atoms with Crippen molar-refractivity contribution in [3.05, 3.63) is 74.9 Å². The van der Waals surface area contributed by atoms with Gasteiger partial charge in [-0.3, -0.25) is 14.3 Å². The Bertz CT molecular complexity index is 1570. The minimum atomic E-state index is -5.10. The van der Waals surface area contributed by atoms with Crippen molar-refractivity contribution in [3.8, 4) is 22.9 Å². The van der Waals surface area contributed by atoms with Crippen LogP contribution in [0.2, 0.25) is 0 Å². The van der Waals surface area contributed by atoms with Crippen molar-refractivity contribution < 1.29 is 40.9 Å². The lowest BCUT2D eigenvalue weighted by molar-refractivity contribution is -0.275. The van der Waals surface area contributed by atoms with Crippen molar-refractivity contribution in [3.63, 3.8) is 0 Å². The third-order valence-electron chi connectivity index (χ3n) is 5.41. The van der Waals surface area contributed by atoms with E-state index in [1.54, 1.807) is 30.3 Å². The van der Waals surface area contributed by atoms with Crippen LogP contribution in [0.4, 0.5) is 26.3 Å². The summed E-state index contributed by atoms with van der Waals surface area (Å²) in [4.78, 5) is 30.6. The molecule has 9 nitrogen and oxygen atoms in total. The fraction of sp³-hybridized carbons (Fsp3) is 0.261. The summed E-state index contributed by atoms with van der Waals surface area (Å²) in [6, 6.07) is 12.0. The Kier molecular flexibility index (Phi) is 6.97. The number of benzene rings is 2. The first kappa shape index (κ1) is 26.8. The van der Waals surface area contributed by atoms with E-state index in [1.807, 2.05) is 4.98 Å². The minimum absolute atomic E-state index is 0.0372. The van der Waals surface area contributed by atoms with Crippen molar-refractivity contribution in [1.29, 1.82) is 0 Å². The number of hydrogen-bond acceptors (Lipinski definition) is 6. The number of imidazole rings is 1. The molecule has 0 aliphatic rings. The minimum Gasteiger partial charge on any atom is -0.485 e. The highest BCUT2D eigenvalue weighted by atomic mass is 19.4. The highest BCUT2D eigenvalue weighted by Crippen LogP contribution is 2.37. The molecule has 2 aromatic carbocycles. The maximum absolute atomic E-state index is 13.1. The average Bonchev–Trinajstić information content (AvgIpc) is 3.17. The zero-order chi connectivity index (χ0) is 27.8. The molecule has 0 aliphatic carbocycles. The van der Waals surface area contributed by atoms with Crippen LogP contribution in [0.5, 0.6) is 11.5 Å². The number of ether oxygens (including phenoxy) is 2. The van der Waals surface area contributed by atoms with Crippen LogP contribution >= 0.6 is 0 Å². The summed E-state index contributed by atoms with van der Waals surface area (Å²) in [5, 5.41) is 9.45. The molecule has 202 valence electrons. The number of aromatic nitrogens is 4. The lowest BCUT2D eigenvalue weighted by atomic mass is 10.2. The van der Waals surface area contributed by atoms with E-state index < -0.39 is 47.8 Å². The Morgan fingerprint density at radius 2 is 1.71 bits per heavy atom. The number of halogens is 6. The molecule has 4 rings (SSSR count). The molecule has 2 N–H and O–H groups in total. The van der Waals surface area contributed by atoms with Gasteiger partial charge in [-0.2, -0.15) is 13.2 Å². The largest absolute Gasteiger partial charge is 0.573 e. The molecule has 0 aliphatic heterocycles. The molecule has 1 unspecified atom stereocenters. The standard InChI is InChI=1S/C23H18F6N4O5/c1-32-17-19(33(21(36)31-20(17)35)10-16(34)22(24,25)26)30-18(32)13-7-8-14(15(9-13)38-23(27,28)29)37-11-12-5-3-2-4-6-12/h2-9,16,34H,10-11H2,1H3,(H,31,35,36). The number of rotatable bonds is 7. The lowest BCUT2D eigenvalue weighted by Crippen LogP contribution is -2.39. The summed E-state index contributed by atoms with van der Waals surface area (Å²) in [6.07, 6.45) is -13.1. The molecule has 0 fully saturated rings. The van der Waals surface area contributed by atoms with Gasteiger partial charge >= 0.3 is 18.2 Å². The van der Waals surface area contributed by atoms with Crippen LogP contribution in [0.1, 0.15) is 5.56 Å². The molecule has 0 saturated heterocycles. The van der Waals surface area contributed by atoms with Gasteiger partial charge in [0.1, 0.15) is 12.4 Å². The van der Waals surface area contributed by atoms with Crippen molar-refractivity contribution in [1.82, 2.24) is 19.1 Å². The first-order chi connectivity index (χ1) is 17.7. The Labute approximate surface area is 208 Å². The van der Waals surface area contributed by atoms with E-state index in [2.05, 4.69) is 9.72 Å². The summed E-state index contributed by atoms with van der Waals surface area (Å²) in [5.41, 5.74) is -2.49. The van der Waals surface area contributed by atoms with Gasteiger partial charge in [0.15, 0.2) is 28.8 Å². The molecule has 0 spiro atoms. The quantitative estimate of drug-likeness (QED) is 0.345. The molecule has 38 heavy (non-hydrogen) atoms. The van der Waals surface area contributed by atoms with E-state index in [-0.39, 0.29) is 29.3 Å². The molecular formula is C23H18F6N4O5. The maximum Gasteiger partial charge on any atom is 0.573 e. The molecule has 0 radical (unpaired) electrons. The van der Waals surface area contributed by atoms with Crippen molar-refractivity contribution in [2.24, 2.45) is 7.05 Å². The number of H-pyrrole nitrogens is 1. The number of aromatic amines is 1. The number of aliphatic hydroxyl groups is 1. The van der Waals surface area contributed by atoms with Crippen LogP contribution < -0.4 is 20.7 Å². The summed E-state index contributed by atoms with van der Waals surface area (Å²) >= 11 is 0. The van der Waals surface area contributed by atoms with Crippen LogP contribution in [-0.4, -0.2) is 42.9 Å². The van der Waals surface area contributed by atoms with Gasteiger partial charge in [0.25, 0.3) is 5.56 Å². The highest BCUT2D eigenvalue weighted by Gasteiger charge is 2.39. The van der Waals surface area contributed by atoms with Crippen molar-refractivity contribution in [2.75, 3.05) is 0 Å². The second-order valence-corrected chi connectivity index (χ2v) is 8.08. The van der Waals surface area contributed by atoms with Gasteiger partial charge in [-0.25, -0.2) is 9.78 Å². The predicted molar refractivity (Wildman–Crippen MR) is 121 cm³/mol. The van der Waals surface area contributed by atoms with Gasteiger partial charge in [-0.05, 0) is 23.8 Å². The highest BCUT2D eigenvalue weighted by molar-refractivity contribution is 5.77. The summed E-state index contributed by atoms with van der Waals surface area (Å²) in [5.74, 6) is -1.18. The lowest BCUT2D eigenvalue weighted by Gasteiger charge is -2.15. The van der Waals surface area contributed by atoms with E-state index in [9.17, 15) is 41.0 Å². The van der Waals surface area contributed by atoms with E-state index in [4.69, 9.17) is 4.74 Å².